The molecule has 0 saturated heterocycles. The largest absolute Gasteiger partial charge is 0.480 e. The number of pyridine rings is 1. The first-order valence-corrected chi connectivity index (χ1v) is 11.8. The summed E-state index contributed by atoms with van der Waals surface area (Å²) in [6, 6.07) is 19.5. The number of aromatic nitrogens is 2. The Balaban J connectivity index is 1.51. The van der Waals surface area contributed by atoms with Crippen molar-refractivity contribution in [2.75, 3.05) is 13.9 Å². The Kier molecular flexibility index (Phi) is 6.62. The molecule has 0 aliphatic carbocycles. The third-order valence-electron chi connectivity index (χ3n) is 6.52. The lowest BCUT2D eigenvalue weighted by molar-refractivity contribution is 0.0559. The molecule has 3 heterocycles. The van der Waals surface area contributed by atoms with Crippen LogP contribution < -0.4 is 4.74 Å². The molecule has 1 aliphatic heterocycles. The lowest BCUT2D eigenvalue weighted by atomic mass is 10.1. The Morgan fingerprint density at radius 2 is 1.83 bits per heavy atom. The Morgan fingerprint density at radius 3 is 2.53 bits per heavy atom. The predicted octanol–water partition coefficient (Wildman–Crippen LogP) is 5.32. The molecule has 1 atom stereocenters. The van der Waals surface area contributed by atoms with Crippen LogP contribution >= 0.6 is 0 Å². The number of methoxy groups -OCH3 is 1. The van der Waals surface area contributed by atoms with Crippen LogP contribution in [0.25, 0.3) is 11.0 Å². The number of fused-ring (bicyclic) bond motifs is 1. The van der Waals surface area contributed by atoms with Crippen LogP contribution in [-0.2, 0) is 27.2 Å². The molecule has 2 aromatic heterocycles. The van der Waals surface area contributed by atoms with Crippen LogP contribution in [0, 0.1) is 13.8 Å². The number of rotatable bonds is 8. The van der Waals surface area contributed by atoms with Crippen molar-refractivity contribution < 1.29 is 23.7 Å². The first kappa shape index (κ1) is 23.5. The molecule has 0 N–H and O–H groups in total. The first-order chi connectivity index (χ1) is 17.5. The van der Waals surface area contributed by atoms with Gasteiger partial charge in [0.2, 0.25) is 6.79 Å². The zero-order valence-electron chi connectivity index (χ0n) is 20.6. The second kappa shape index (κ2) is 10.2. The molecule has 5 rings (SSSR count). The normalized spacial score (nSPS) is 13.6. The fraction of sp³-hybridized carbons (Fsp3) is 0.241. The molecule has 184 valence electrons. The van der Waals surface area contributed by atoms with Crippen LogP contribution in [0.1, 0.15) is 32.7 Å². The van der Waals surface area contributed by atoms with E-state index in [1.807, 2.05) is 36.4 Å². The molecule has 0 fully saturated rings. The van der Waals surface area contributed by atoms with Crippen LogP contribution in [0.4, 0.5) is 0 Å². The molecule has 7 heteroatoms. The Bertz CT molecular complexity index is 1410. The van der Waals surface area contributed by atoms with Crippen LogP contribution in [0.3, 0.4) is 0 Å². The Hall–Kier alpha value is -4.26. The van der Waals surface area contributed by atoms with Crippen molar-refractivity contribution in [3.8, 4) is 5.75 Å². The van der Waals surface area contributed by atoms with E-state index in [0.717, 1.165) is 39.2 Å². The van der Waals surface area contributed by atoms with Crippen molar-refractivity contribution in [1.29, 1.82) is 0 Å². The van der Waals surface area contributed by atoms with Gasteiger partial charge in [0.15, 0.2) is 11.9 Å². The number of nitrogens with zero attached hydrogens (tertiary/aromatic N) is 2. The summed E-state index contributed by atoms with van der Waals surface area (Å²) in [5.41, 5.74) is 6.72. The Labute approximate surface area is 209 Å². The monoisotopic (exact) mass is 484 g/mol. The minimum absolute atomic E-state index is 0.186. The van der Waals surface area contributed by atoms with E-state index in [2.05, 4.69) is 35.5 Å². The number of ether oxygens (including phenoxy) is 4. The maximum atomic E-state index is 11.8. The van der Waals surface area contributed by atoms with Gasteiger partial charge in [0, 0.05) is 30.9 Å². The van der Waals surface area contributed by atoms with Gasteiger partial charge in [0.05, 0.1) is 18.2 Å². The lowest BCUT2D eigenvalue weighted by Gasteiger charge is -2.20. The summed E-state index contributed by atoms with van der Waals surface area (Å²) in [7, 11) is 1.38. The Morgan fingerprint density at radius 1 is 1.06 bits per heavy atom. The molecular formula is C29H28N2O5. The van der Waals surface area contributed by atoms with Gasteiger partial charge in [0.25, 0.3) is 0 Å². The molecule has 0 bridgehead atoms. The molecule has 0 saturated carbocycles. The topological polar surface area (TPSA) is 71.8 Å². The molecule has 0 spiro atoms. The van der Waals surface area contributed by atoms with Gasteiger partial charge in [-0.3, -0.25) is 4.98 Å². The SMILES string of the molecule is COC(=O)c1ccc(Cn2c(C)c(C)c3nccc(OC(Cc4ccccc4)C4=COCO4)c32)cc1. The van der Waals surface area contributed by atoms with E-state index in [4.69, 9.17) is 18.9 Å². The predicted molar refractivity (Wildman–Crippen MR) is 136 cm³/mol. The highest BCUT2D eigenvalue weighted by molar-refractivity contribution is 5.89. The smallest absolute Gasteiger partial charge is 0.337 e. The van der Waals surface area contributed by atoms with Crippen molar-refractivity contribution in [2.45, 2.75) is 32.9 Å². The molecule has 7 nitrogen and oxygen atoms in total. The molecule has 0 amide bonds. The zero-order chi connectivity index (χ0) is 25.1. The van der Waals surface area contributed by atoms with E-state index in [0.29, 0.717) is 24.3 Å². The standard InChI is InChI=1S/C29H28N2O5/c1-19-20(2)31(16-22-9-11-23(12-10-22)29(32)33-3)28-24(13-14-30-27(19)28)36-25(26-17-34-18-35-26)15-21-7-5-4-6-8-21/h4-14,17,25H,15-16,18H2,1-3H3. The quantitative estimate of drug-likeness (QED) is 0.315. The molecule has 4 aromatic rings. The number of benzene rings is 2. The van der Waals surface area contributed by atoms with Gasteiger partial charge >= 0.3 is 5.97 Å². The maximum Gasteiger partial charge on any atom is 0.337 e. The molecular weight excluding hydrogens is 456 g/mol. The number of carbonyl (C=O) groups excluding carboxylic acids is 1. The molecule has 36 heavy (non-hydrogen) atoms. The van der Waals surface area contributed by atoms with Crippen molar-refractivity contribution in [2.24, 2.45) is 0 Å². The summed E-state index contributed by atoms with van der Waals surface area (Å²) in [4.78, 5) is 16.5. The van der Waals surface area contributed by atoms with Crippen molar-refractivity contribution in [3.05, 3.63) is 107 Å². The highest BCUT2D eigenvalue weighted by Crippen LogP contribution is 2.33. The van der Waals surface area contributed by atoms with Gasteiger partial charge < -0.3 is 23.5 Å². The van der Waals surface area contributed by atoms with Gasteiger partial charge in [0.1, 0.15) is 17.5 Å². The average Bonchev–Trinajstić information content (AvgIpc) is 3.53. The van der Waals surface area contributed by atoms with Crippen LogP contribution in [0.5, 0.6) is 5.75 Å². The van der Waals surface area contributed by atoms with E-state index in [1.54, 1.807) is 24.6 Å². The van der Waals surface area contributed by atoms with Crippen molar-refractivity contribution in [1.82, 2.24) is 9.55 Å². The third kappa shape index (κ3) is 4.64. The van der Waals surface area contributed by atoms with E-state index < -0.39 is 0 Å². The second-order valence-electron chi connectivity index (χ2n) is 8.74. The average molecular weight is 485 g/mol. The summed E-state index contributed by atoms with van der Waals surface area (Å²) in [5, 5.41) is 0. The summed E-state index contributed by atoms with van der Waals surface area (Å²) in [5.74, 6) is 1.03. The fourth-order valence-electron chi connectivity index (χ4n) is 4.46. The number of aryl methyl sites for hydroxylation is 1. The molecule has 1 unspecified atom stereocenters. The van der Waals surface area contributed by atoms with Crippen LogP contribution in [0.2, 0.25) is 0 Å². The van der Waals surface area contributed by atoms with Gasteiger partial charge in [-0.15, -0.1) is 0 Å². The minimum Gasteiger partial charge on any atom is -0.480 e. The zero-order valence-corrected chi connectivity index (χ0v) is 20.6. The summed E-state index contributed by atoms with van der Waals surface area (Å²) in [6.07, 6.45) is 3.68. The van der Waals surface area contributed by atoms with Crippen molar-refractivity contribution in [3.63, 3.8) is 0 Å². The fourth-order valence-corrected chi connectivity index (χ4v) is 4.46. The van der Waals surface area contributed by atoms with E-state index in [1.165, 1.54) is 7.11 Å². The van der Waals surface area contributed by atoms with Gasteiger partial charge in [-0.05, 0) is 42.7 Å². The van der Waals surface area contributed by atoms with E-state index in [9.17, 15) is 4.79 Å². The summed E-state index contributed by atoms with van der Waals surface area (Å²) < 4.78 is 24.7. The molecule has 2 aromatic carbocycles. The van der Waals surface area contributed by atoms with E-state index >= 15 is 0 Å². The van der Waals surface area contributed by atoms with Gasteiger partial charge in [-0.1, -0.05) is 42.5 Å². The van der Waals surface area contributed by atoms with Crippen molar-refractivity contribution >= 4 is 17.0 Å². The summed E-state index contributed by atoms with van der Waals surface area (Å²) >= 11 is 0. The molecule has 0 radical (unpaired) electrons. The number of carbonyl (C=O) groups is 1. The van der Waals surface area contributed by atoms with Crippen LogP contribution in [-0.4, -0.2) is 35.5 Å². The third-order valence-corrected chi connectivity index (χ3v) is 6.52. The highest BCUT2D eigenvalue weighted by Gasteiger charge is 2.25. The second-order valence-corrected chi connectivity index (χ2v) is 8.74. The number of hydrogen-bond donors (Lipinski definition) is 0. The van der Waals surface area contributed by atoms with Gasteiger partial charge in [-0.2, -0.15) is 0 Å². The van der Waals surface area contributed by atoms with E-state index in [-0.39, 0.29) is 18.9 Å². The van der Waals surface area contributed by atoms with Gasteiger partial charge in [-0.25, -0.2) is 4.79 Å². The minimum atomic E-state index is -0.358. The highest BCUT2D eigenvalue weighted by atomic mass is 16.7. The maximum absolute atomic E-state index is 11.8. The summed E-state index contributed by atoms with van der Waals surface area (Å²) in [6.45, 7) is 4.95. The number of esters is 1. The first-order valence-electron chi connectivity index (χ1n) is 11.8. The lowest BCUT2D eigenvalue weighted by Crippen LogP contribution is -2.23. The van der Waals surface area contributed by atoms with Crippen LogP contribution in [0.15, 0.2) is 78.9 Å². The number of hydrogen-bond acceptors (Lipinski definition) is 6. The molecule has 1 aliphatic rings.